The van der Waals surface area contributed by atoms with Crippen molar-refractivity contribution in [2.75, 3.05) is 18.9 Å². The largest absolute Gasteiger partial charge is 0.382 e. The van der Waals surface area contributed by atoms with Gasteiger partial charge in [-0.15, -0.1) is 0 Å². The lowest BCUT2D eigenvalue weighted by Crippen LogP contribution is -2.48. The molecule has 1 saturated heterocycles. The maximum atomic E-state index is 3.65. The third kappa shape index (κ3) is 2.56. The molecule has 2 rings (SSSR count). The quantitative estimate of drug-likeness (QED) is 0.821. The van der Waals surface area contributed by atoms with E-state index in [4.69, 9.17) is 0 Å². The fraction of sp³-hybridized carbons (Fsp3) is 0.571. The van der Waals surface area contributed by atoms with E-state index in [1.54, 1.807) is 0 Å². The van der Waals surface area contributed by atoms with Crippen LogP contribution in [-0.4, -0.2) is 30.6 Å². The summed E-state index contributed by atoms with van der Waals surface area (Å²) in [4.78, 5) is 2.45. The highest BCUT2D eigenvalue weighted by molar-refractivity contribution is 5.43. The van der Waals surface area contributed by atoms with E-state index in [9.17, 15) is 0 Å². The summed E-state index contributed by atoms with van der Waals surface area (Å²) in [6.45, 7) is 5.83. The van der Waals surface area contributed by atoms with Crippen LogP contribution in [0.1, 0.15) is 20.3 Å². The van der Waals surface area contributed by atoms with Crippen molar-refractivity contribution in [1.29, 1.82) is 0 Å². The van der Waals surface area contributed by atoms with Crippen LogP contribution in [0, 0.1) is 5.92 Å². The Morgan fingerprint density at radius 2 is 1.88 bits per heavy atom. The second-order valence-electron chi connectivity index (χ2n) is 5.12. The third-order valence-corrected chi connectivity index (χ3v) is 3.74. The van der Waals surface area contributed by atoms with Gasteiger partial charge in [-0.1, -0.05) is 25.1 Å². The Balaban J connectivity index is 2.00. The molecular formula is C14H22N2. The van der Waals surface area contributed by atoms with E-state index in [0.717, 1.165) is 0 Å². The molecule has 88 valence electrons. The second-order valence-corrected chi connectivity index (χ2v) is 5.12. The number of piperidine rings is 1. The molecule has 0 radical (unpaired) electrons. The molecule has 1 heterocycles. The maximum Gasteiger partial charge on any atom is 0.0342 e. The summed E-state index contributed by atoms with van der Waals surface area (Å²) in [5.41, 5.74) is 1.25. The van der Waals surface area contributed by atoms with E-state index in [1.807, 2.05) is 0 Å². The van der Waals surface area contributed by atoms with E-state index in [2.05, 4.69) is 61.4 Å². The first-order chi connectivity index (χ1) is 7.66. The van der Waals surface area contributed by atoms with Gasteiger partial charge >= 0.3 is 0 Å². The van der Waals surface area contributed by atoms with Crippen molar-refractivity contribution < 1.29 is 0 Å². The Morgan fingerprint density at radius 1 is 1.19 bits per heavy atom. The van der Waals surface area contributed by atoms with Gasteiger partial charge in [-0.25, -0.2) is 0 Å². The third-order valence-electron chi connectivity index (χ3n) is 3.74. The number of likely N-dealkylation sites (tertiary alicyclic amines) is 1. The zero-order valence-corrected chi connectivity index (χ0v) is 10.5. The molecule has 1 fully saturated rings. The lowest BCUT2D eigenvalue weighted by molar-refractivity contribution is 0.145. The number of hydrogen-bond acceptors (Lipinski definition) is 2. The number of rotatable bonds is 2. The smallest absolute Gasteiger partial charge is 0.0342 e. The van der Waals surface area contributed by atoms with Crippen molar-refractivity contribution in [3.05, 3.63) is 30.3 Å². The summed E-state index contributed by atoms with van der Waals surface area (Å²) in [5, 5.41) is 3.65. The van der Waals surface area contributed by atoms with Crippen LogP contribution in [0.15, 0.2) is 30.3 Å². The van der Waals surface area contributed by atoms with Gasteiger partial charge in [-0.2, -0.15) is 0 Å². The molecule has 2 nitrogen and oxygen atoms in total. The van der Waals surface area contributed by atoms with E-state index >= 15 is 0 Å². The van der Waals surface area contributed by atoms with E-state index in [0.29, 0.717) is 18.0 Å². The molecule has 16 heavy (non-hydrogen) atoms. The molecule has 0 amide bonds. The minimum absolute atomic E-state index is 0.605. The molecule has 3 atom stereocenters. The highest BCUT2D eigenvalue weighted by atomic mass is 15.2. The maximum absolute atomic E-state index is 3.65. The van der Waals surface area contributed by atoms with Gasteiger partial charge in [-0.3, -0.25) is 0 Å². The van der Waals surface area contributed by atoms with E-state index in [1.165, 1.54) is 18.7 Å². The molecule has 1 aromatic rings. The van der Waals surface area contributed by atoms with E-state index in [-0.39, 0.29) is 0 Å². The average Bonchev–Trinajstić information content (AvgIpc) is 2.27. The molecule has 0 bridgehead atoms. The first-order valence-electron chi connectivity index (χ1n) is 6.18. The van der Waals surface area contributed by atoms with Gasteiger partial charge in [0.25, 0.3) is 0 Å². The van der Waals surface area contributed by atoms with Gasteiger partial charge in [-0.05, 0) is 38.4 Å². The second kappa shape index (κ2) is 4.88. The number of para-hydroxylation sites is 1. The van der Waals surface area contributed by atoms with Crippen molar-refractivity contribution in [3.63, 3.8) is 0 Å². The summed E-state index contributed by atoms with van der Waals surface area (Å²) in [6, 6.07) is 11.8. The lowest BCUT2D eigenvalue weighted by Gasteiger charge is -2.40. The first-order valence-corrected chi connectivity index (χ1v) is 6.18. The highest BCUT2D eigenvalue weighted by Crippen LogP contribution is 2.23. The molecule has 0 unspecified atom stereocenters. The van der Waals surface area contributed by atoms with Crippen molar-refractivity contribution in [1.82, 2.24) is 4.90 Å². The summed E-state index contributed by atoms with van der Waals surface area (Å²) in [6.07, 6.45) is 1.23. The predicted molar refractivity (Wildman–Crippen MR) is 69.7 cm³/mol. The van der Waals surface area contributed by atoms with Crippen molar-refractivity contribution in [2.24, 2.45) is 5.92 Å². The van der Waals surface area contributed by atoms with Gasteiger partial charge in [0.1, 0.15) is 0 Å². The molecule has 1 aromatic carbocycles. The Kier molecular flexibility index (Phi) is 3.49. The molecule has 0 aliphatic carbocycles. The Labute approximate surface area is 98.7 Å². The molecule has 1 aliphatic heterocycles. The molecule has 0 aromatic heterocycles. The van der Waals surface area contributed by atoms with Crippen molar-refractivity contribution >= 4 is 5.69 Å². The zero-order chi connectivity index (χ0) is 11.5. The molecule has 0 saturated carbocycles. The Bertz CT molecular complexity index is 323. The number of anilines is 1. The van der Waals surface area contributed by atoms with Crippen LogP contribution in [0.25, 0.3) is 0 Å². The minimum atomic E-state index is 0.605. The van der Waals surface area contributed by atoms with Gasteiger partial charge in [0, 0.05) is 24.3 Å². The van der Waals surface area contributed by atoms with Crippen LogP contribution in [0.5, 0.6) is 0 Å². The lowest BCUT2D eigenvalue weighted by atomic mass is 9.89. The normalized spacial score (nSPS) is 31.3. The van der Waals surface area contributed by atoms with Crippen LogP contribution >= 0.6 is 0 Å². The van der Waals surface area contributed by atoms with Gasteiger partial charge in [0.05, 0.1) is 0 Å². The fourth-order valence-corrected chi connectivity index (χ4v) is 2.49. The molecule has 0 spiro atoms. The molecule has 1 aliphatic rings. The number of hydrogen-bond donors (Lipinski definition) is 1. The van der Waals surface area contributed by atoms with Crippen molar-refractivity contribution in [2.45, 2.75) is 32.4 Å². The average molecular weight is 218 g/mol. The van der Waals surface area contributed by atoms with Crippen LogP contribution in [0.3, 0.4) is 0 Å². The summed E-state index contributed by atoms with van der Waals surface area (Å²) < 4.78 is 0. The monoisotopic (exact) mass is 218 g/mol. The van der Waals surface area contributed by atoms with Crippen LogP contribution in [-0.2, 0) is 0 Å². The first kappa shape index (κ1) is 11.5. The van der Waals surface area contributed by atoms with Crippen molar-refractivity contribution in [3.8, 4) is 0 Å². The molecular weight excluding hydrogens is 196 g/mol. The SMILES string of the molecule is C[C@@H]1C[C@H](Nc2ccccc2)[C@@H](C)CN1C. The summed E-state index contributed by atoms with van der Waals surface area (Å²) in [7, 11) is 2.22. The number of nitrogens with one attached hydrogen (secondary N) is 1. The van der Waals surface area contributed by atoms with Gasteiger partial charge in [0.15, 0.2) is 0 Å². The highest BCUT2D eigenvalue weighted by Gasteiger charge is 2.28. The topological polar surface area (TPSA) is 15.3 Å². The minimum Gasteiger partial charge on any atom is -0.382 e. The summed E-state index contributed by atoms with van der Waals surface area (Å²) >= 11 is 0. The zero-order valence-electron chi connectivity index (χ0n) is 10.5. The van der Waals surface area contributed by atoms with Gasteiger partial charge < -0.3 is 10.2 Å². The van der Waals surface area contributed by atoms with E-state index < -0.39 is 0 Å². The summed E-state index contributed by atoms with van der Waals surface area (Å²) in [5.74, 6) is 0.710. The molecule has 2 heteroatoms. The van der Waals surface area contributed by atoms with Gasteiger partial charge in [0.2, 0.25) is 0 Å². The molecule has 1 N–H and O–H groups in total. The predicted octanol–water partition coefficient (Wildman–Crippen LogP) is 2.83. The Morgan fingerprint density at radius 3 is 2.56 bits per heavy atom. The Hall–Kier alpha value is -1.02. The number of benzene rings is 1. The fourth-order valence-electron chi connectivity index (χ4n) is 2.49. The number of nitrogens with zero attached hydrogens (tertiary/aromatic N) is 1. The van der Waals surface area contributed by atoms with Crippen LogP contribution in [0.4, 0.5) is 5.69 Å². The van der Waals surface area contributed by atoms with Crippen LogP contribution < -0.4 is 5.32 Å². The van der Waals surface area contributed by atoms with Crippen LogP contribution in [0.2, 0.25) is 0 Å². The standard InChI is InChI=1S/C14H22N2/c1-11-10-16(3)12(2)9-14(11)15-13-7-5-4-6-8-13/h4-8,11-12,14-15H,9-10H2,1-3H3/t11-,12+,14-/m0/s1.